The topological polar surface area (TPSA) is 269 Å². The lowest BCUT2D eigenvalue weighted by Gasteiger charge is -2.43. The monoisotopic (exact) mass is 1020 g/mol. The van der Waals surface area contributed by atoms with Gasteiger partial charge in [0.2, 0.25) is 0 Å². The van der Waals surface area contributed by atoms with E-state index in [4.69, 9.17) is 23.3 Å². The average Bonchev–Trinajstić information content (AvgIpc) is 4.06. The summed E-state index contributed by atoms with van der Waals surface area (Å²) in [5.74, 6) is -1.24. The minimum atomic E-state index is -5.37. The molecule has 1 saturated heterocycles. The molecule has 0 aromatic carbocycles. The smallest absolute Gasteiger partial charge is 0.462 e. The first-order valence-corrected chi connectivity index (χ1v) is 28.8. The molecule has 2 fully saturated rings. The third-order valence-electron chi connectivity index (χ3n) is 12.0. The van der Waals surface area contributed by atoms with Gasteiger partial charge in [-0.1, -0.05) is 146 Å². The van der Waals surface area contributed by atoms with Crippen LogP contribution in [0.1, 0.15) is 187 Å². The van der Waals surface area contributed by atoms with Crippen LogP contribution in [0.3, 0.4) is 0 Å². The second kappa shape index (κ2) is 37.6. The average molecular weight is 1020 g/mol. The highest BCUT2D eigenvalue weighted by Gasteiger charge is 2.54. The molecular weight excluding hydrogens is 934 g/mol. The third-order valence-corrected chi connectivity index (χ3v) is 13.6. The molecular formula is C50H88O17P2. The number of rotatable bonds is 42. The number of carbonyl (C=O) groups excluding carboxylic acids is 2. The van der Waals surface area contributed by atoms with Gasteiger partial charge in [0.05, 0.1) is 18.8 Å². The lowest BCUT2D eigenvalue weighted by Crippen LogP contribution is -2.64. The Morgan fingerprint density at radius 1 is 0.536 bits per heavy atom. The molecule has 1 saturated carbocycles. The fraction of sp³-hybridized carbons (Fsp3) is 0.800. The van der Waals surface area contributed by atoms with Crippen molar-refractivity contribution in [2.45, 2.75) is 242 Å². The van der Waals surface area contributed by atoms with Crippen LogP contribution < -0.4 is 0 Å². The van der Waals surface area contributed by atoms with Crippen LogP contribution in [0.5, 0.6) is 0 Å². The van der Waals surface area contributed by atoms with Gasteiger partial charge < -0.3 is 49.3 Å². The van der Waals surface area contributed by atoms with E-state index in [9.17, 15) is 53.8 Å². The van der Waals surface area contributed by atoms with Gasteiger partial charge in [-0.25, -0.2) is 9.13 Å². The molecule has 19 heteroatoms. The number of carbonyl (C=O) groups is 2. The van der Waals surface area contributed by atoms with Gasteiger partial charge in [-0.3, -0.25) is 23.2 Å². The van der Waals surface area contributed by atoms with E-state index in [1.165, 1.54) is 44.9 Å². The van der Waals surface area contributed by atoms with Gasteiger partial charge in [-0.2, -0.15) is 0 Å². The zero-order valence-corrected chi connectivity index (χ0v) is 43.2. The number of esters is 2. The summed E-state index contributed by atoms with van der Waals surface area (Å²) in [6.45, 7) is 3.05. The van der Waals surface area contributed by atoms with Gasteiger partial charge in [0.1, 0.15) is 43.2 Å². The molecule has 0 bridgehead atoms. The van der Waals surface area contributed by atoms with E-state index in [1.54, 1.807) is 0 Å². The van der Waals surface area contributed by atoms with Crippen LogP contribution in [0.2, 0.25) is 0 Å². The lowest BCUT2D eigenvalue weighted by molar-refractivity contribution is -0.216. The summed E-state index contributed by atoms with van der Waals surface area (Å²) in [6, 6.07) is 0. The minimum Gasteiger partial charge on any atom is -0.462 e. The molecule has 1 aliphatic carbocycles. The van der Waals surface area contributed by atoms with Crippen LogP contribution >= 0.6 is 15.6 Å². The highest BCUT2D eigenvalue weighted by Crippen LogP contribution is 2.49. The molecule has 2 aliphatic rings. The Bertz CT molecular complexity index is 1580. The molecule has 17 nitrogen and oxygen atoms in total. The van der Waals surface area contributed by atoms with Crippen LogP contribution in [0.4, 0.5) is 0 Å². The van der Waals surface area contributed by atoms with Gasteiger partial charge >= 0.3 is 27.6 Å². The van der Waals surface area contributed by atoms with Crippen LogP contribution in [-0.2, 0) is 46.5 Å². The van der Waals surface area contributed by atoms with E-state index in [0.717, 1.165) is 103 Å². The van der Waals surface area contributed by atoms with Crippen molar-refractivity contribution < 1.29 is 81.6 Å². The van der Waals surface area contributed by atoms with Crippen LogP contribution in [0.15, 0.2) is 48.6 Å². The molecule has 2 rings (SSSR count). The molecule has 10 atom stereocenters. The van der Waals surface area contributed by atoms with Gasteiger partial charge in [-0.05, 0) is 77.0 Å². The van der Waals surface area contributed by atoms with Crippen molar-refractivity contribution in [2.24, 2.45) is 0 Å². The second-order valence-electron chi connectivity index (χ2n) is 18.3. The predicted molar refractivity (Wildman–Crippen MR) is 264 cm³/mol. The molecule has 0 radical (unpaired) electrons. The maximum Gasteiger partial charge on any atom is 0.472 e. The van der Waals surface area contributed by atoms with Crippen molar-refractivity contribution >= 4 is 27.6 Å². The first-order valence-electron chi connectivity index (χ1n) is 25.8. The Kier molecular flexibility index (Phi) is 34.4. The maximum absolute atomic E-state index is 13.0. The minimum absolute atomic E-state index is 0.0225. The molecule has 400 valence electrons. The normalized spacial score (nSPS) is 24.4. The molecule has 0 amide bonds. The number of phosphoric ester groups is 2. The van der Waals surface area contributed by atoms with E-state index in [2.05, 4.69) is 67.0 Å². The summed E-state index contributed by atoms with van der Waals surface area (Å²) in [4.78, 5) is 54.4. The summed E-state index contributed by atoms with van der Waals surface area (Å²) < 4.78 is 55.2. The Morgan fingerprint density at radius 3 is 1.58 bits per heavy atom. The number of hydrogen-bond acceptors (Lipinski definition) is 14. The lowest BCUT2D eigenvalue weighted by atomic mass is 9.85. The predicted octanol–water partition coefficient (Wildman–Crippen LogP) is 9.44. The largest absolute Gasteiger partial charge is 0.472 e. The Labute approximate surface area is 412 Å². The summed E-state index contributed by atoms with van der Waals surface area (Å²) in [6.07, 6.45) is 29.4. The summed E-state index contributed by atoms with van der Waals surface area (Å²) in [5, 5.41) is 41.3. The van der Waals surface area contributed by atoms with Crippen LogP contribution in [-0.4, -0.2) is 115 Å². The number of allylic oxidation sites excluding steroid dienone is 7. The van der Waals surface area contributed by atoms with E-state index < -0.39 is 83.5 Å². The van der Waals surface area contributed by atoms with Gasteiger partial charge in [-0.15, -0.1) is 0 Å². The second-order valence-corrected chi connectivity index (χ2v) is 20.9. The number of unbranched alkanes of at least 4 members (excludes halogenated alkanes) is 17. The van der Waals surface area contributed by atoms with E-state index in [-0.39, 0.29) is 12.8 Å². The molecule has 0 spiro atoms. The quantitative estimate of drug-likeness (QED) is 0.00986. The van der Waals surface area contributed by atoms with Crippen molar-refractivity contribution in [3.8, 4) is 0 Å². The molecule has 0 aromatic heterocycles. The molecule has 7 N–H and O–H groups in total. The van der Waals surface area contributed by atoms with Crippen molar-refractivity contribution in [1.29, 1.82) is 0 Å². The van der Waals surface area contributed by atoms with E-state index >= 15 is 0 Å². The summed E-state index contributed by atoms with van der Waals surface area (Å²) >= 11 is 0. The zero-order valence-electron chi connectivity index (χ0n) is 41.4. The highest BCUT2D eigenvalue weighted by atomic mass is 31.2. The van der Waals surface area contributed by atoms with Crippen molar-refractivity contribution in [3.63, 3.8) is 0 Å². The highest BCUT2D eigenvalue weighted by molar-refractivity contribution is 7.47. The Balaban J connectivity index is 1.76. The maximum atomic E-state index is 13.0. The molecule has 0 aromatic rings. The first kappa shape index (κ1) is 63.0. The number of epoxide rings is 1. The summed E-state index contributed by atoms with van der Waals surface area (Å²) in [7, 11) is -10.7. The molecule has 1 heterocycles. The van der Waals surface area contributed by atoms with E-state index in [1.807, 2.05) is 0 Å². The Hall–Kier alpha value is -2.08. The van der Waals surface area contributed by atoms with Gasteiger partial charge in [0.25, 0.3) is 0 Å². The first-order chi connectivity index (χ1) is 33.1. The number of ether oxygens (including phenoxy) is 3. The summed E-state index contributed by atoms with van der Waals surface area (Å²) in [5.41, 5.74) is 0. The number of aliphatic hydroxyl groups excluding tert-OH is 4. The molecule has 69 heavy (non-hydrogen) atoms. The van der Waals surface area contributed by atoms with Crippen molar-refractivity contribution in [2.75, 3.05) is 13.2 Å². The van der Waals surface area contributed by atoms with Gasteiger partial charge in [0.15, 0.2) is 6.10 Å². The number of phosphoric acid groups is 2. The van der Waals surface area contributed by atoms with Crippen LogP contribution in [0.25, 0.3) is 0 Å². The SMILES string of the molecule is CCCCCC/C=C\C/C=C\C/C=C\CCCCCCCCC(=O)O[C@H](COC(=O)CCCCCCC/C=C\CC1OC1CCCCC)COP(=O)(O)O[C@H]1C(O)C(O)C(O)[C@@H](OP(=O)(O)O)C1O. The number of hydrogen-bond donors (Lipinski definition) is 7. The van der Waals surface area contributed by atoms with Gasteiger partial charge in [0, 0.05) is 12.8 Å². The molecule has 1 aliphatic heterocycles. The third kappa shape index (κ3) is 31.2. The standard InChI is InChI=1S/C50H88O17P2/c1-3-5-7-8-9-10-11-12-13-14-15-16-17-18-19-20-21-26-29-33-37-44(52)64-40(39-63-69(60,61)67-50-47(55)45(53)46(54)49(48(50)56)66-68(57,58)59)38-62-43(51)36-32-28-25-23-22-24-27-31-35-42-41(65-42)34-30-6-4-2/h10-11,13-14,16-17,27,31,40-42,45-50,53-56H,3-9,12,15,18-26,28-30,32-39H2,1-2H3,(H,60,61)(H2,57,58,59)/b11-10-,14-13-,17-16-,31-27-/t40-,41?,42?,45?,46?,47?,48?,49-,50+/m1/s1. The van der Waals surface area contributed by atoms with Crippen LogP contribution in [0, 0.1) is 0 Å². The fourth-order valence-corrected chi connectivity index (χ4v) is 9.46. The zero-order chi connectivity index (χ0) is 50.8. The van der Waals surface area contributed by atoms with E-state index in [0.29, 0.717) is 25.0 Å². The molecule has 7 unspecified atom stereocenters. The Morgan fingerprint density at radius 2 is 1.01 bits per heavy atom. The fourth-order valence-electron chi connectivity index (χ4n) is 7.92. The number of aliphatic hydroxyl groups is 4. The van der Waals surface area contributed by atoms with Crippen molar-refractivity contribution in [1.82, 2.24) is 0 Å². The van der Waals surface area contributed by atoms with Crippen molar-refractivity contribution in [3.05, 3.63) is 48.6 Å².